The highest BCUT2D eigenvalue weighted by molar-refractivity contribution is 7.18. The number of rotatable bonds is 5. The Morgan fingerprint density at radius 3 is 3.00 bits per heavy atom. The van der Waals surface area contributed by atoms with Gasteiger partial charge in [-0.3, -0.25) is 0 Å². The Bertz CT molecular complexity index is 495. The minimum Gasteiger partial charge on any atom is -0.492 e. The summed E-state index contributed by atoms with van der Waals surface area (Å²) in [5.41, 5.74) is 6.48. The van der Waals surface area contributed by atoms with Gasteiger partial charge in [-0.2, -0.15) is 0 Å². The summed E-state index contributed by atoms with van der Waals surface area (Å²) in [6.45, 7) is 5.50. The van der Waals surface area contributed by atoms with Crippen molar-refractivity contribution in [3.63, 3.8) is 0 Å². The van der Waals surface area contributed by atoms with Crippen LogP contribution in [0.25, 0.3) is 10.2 Å². The van der Waals surface area contributed by atoms with E-state index < -0.39 is 0 Å². The third kappa shape index (κ3) is 2.76. The lowest BCUT2D eigenvalue weighted by atomic mass is 10.1. The molecule has 0 spiro atoms. The van der Waals surface area contributed by atoms with E-state index in [2.05, 4.69) is 24.9 Å². The lowest BCUT2D eigenvalue weighted by molar-refractivity contribution is 0.329. The Balaban J connectivity index is 2.27. The van der Waals surface area contributed by atoms with E-state index in [0.29, 0.717) is 19.1 Å². The Kier molecular flexibility index (Phi) is 3.97. The molecule has 1 aromatic carbocycles. The standard InChI is InChI=1S/C13H18N2OS/c1-3-9(2)13-15-11-5-4-10(16-7-6-14)8-12(11)17-13/h4-5,8-9H,3,6-7,14H2,1-2H3. The molecule has 2 N–H and O–H groups in total. The van der Waals surface area contributed by atoms with Gasteiger partial charge in [-0.1, -0.05) is 13.8 Å². The second-order valence-corrected chi connectivity index (χ2v) is 5.19. The minimum atomic E-state index is 0.529. The molecule has 0 amide bonds. The van der Waals surface area contributed by atoms with E-state index in [1.807, 2.05) is 12.1 Å². The van der Waals surface area contributed by atoms with Crippen molar-refractivity contribution < 1.29 is 4.74 Å². The van der Waals surface area contributed by atoms with Gasteiger partial charge in [-0.05, 0) is 24.6 Å². The van der Waals surface area contributed by atoms with Crippen molar-refractivity contribution in [3.05, 3.63) is 23.2 Å². The van der Waals surface area contributed by atoms with Crippen LogP contribution in [0.4, 0.5) is 0 Å². The van der Waals surface area contributed by atoms with Crippen LogP contribution in [0.3, 0.4) is 0 Å². The molecule has 1 unspecified atom stereocenters. The fourth-order valence-electron chi connectivity index (χ4n) is 1.57. The van der Waals surface area contributed by atoms with Crippen LogP contribution in [0, 0.1) is 0 Å². The van der Waals surface area contributed by atoms with Gasteiger partial charge in [0.05, 0.1) is 15.2 Å². The van der Waals surface area contributed by atoms with E-state index >= 15 is 0 Å². The van der Waals surface area contributed by atoms with Gasteiger partial charge in [0.25, 0.3) is 0 Å². The number of nitrogens with zero attached hydrogens (tertiary/aromatic N) is 1. The monoisotopic (exact) mass is 250 g/mol. The first-order chi connectivity index (χ1) is 8.24. The molecule has 3 nitrogen and oxygen atoms in total. The summed E-state index contributed by atoms with van der Waals surface area (Å²) in [5.74, 6) is 1.41. The van der Waals surface area contributed by atoms with Gasteiger partial charge in [-0.15, -0.1) is 11.3 Å². The van der Waals surface area contributed by atoms with Crippen molar-refractivity contribution in [2.24, 2.45) is 5.73 Å². The van der Waals surface area contributed by atoms with Crippen LogP contribution in [0.5, 0.6) is 5.75 Å². The van der Waals surface area contributed by atoms with E-state index in [1.54, 1.807) is 11.3 Å². The van der Waals surface area contributed by atoms with Crippen molar-refractivity contribution >= 4 is 21.6 Å². The Labute approximate surface area is 106 Å². The van der Waals surface area contributed by atoms with Crippen LogP contribution in [0.2, 0.25) is 0 Å². The first kappa shape index (κ1) is 12.3. The molecule has 2 rings (SSSR count). The number of thiazole rings is 1. The zero-order chi connectivity index (χ0) is 12.3. The van der Waals surface area contributed by atoms with E-state index in [-0.39, 0.29) is 0 Å². The molecule has 0 aliphatic heterocycles. The number of ether oxygens (including phenoxy) is 1. The number of hydrogen-bond donors (Lipinski definition) is 1. The van der Waals surface area contributed by atoms with Crippen LogP contribution in [-0.4, -0.2) is 18.1 Å². The molecule has 2 aromatic rings. The highest BCUT2D eigenvalue weighted by Crippen LogP contribution is 2.31. The number of hydrogen-bond acceptors (Lipinski definition) is 4. The van der Waals surface area contributed by atoms with Gasteiger partial charge < -0.3 is 10.5 Å². The average Bonchev–Trinajstić information content (AvgIpc) is 2.78. The minimum absolute atomic E-state index is 0.529. The molecular weight excluding hydrogens is 232 g/mol. The molecule has 17 heavy (non-hydrogen) atoms. The number of nitrogens with two attached hydrogens (primary N) is 1. The van der Waals surface area contributed by atoms with Crippen molar-refractivity contribution in [3.8, 4) is 5.75 Å². The molecule has 0 aliphatic carbocycles. The quantitative estimate of drug-likeness (QED) is 0.886. The van der Waals surface area contributed by atoms with Gasteiger partial charge in [0.15, 0.2) is 0 Å². The summed E-state index contributed by atoms with van der Waals surface area (Å²) in [7, 11) is 0. The van der Waals surface area contributed by atoms with Gasteiger partial charge in [-0.25, -0.2) is 4.98 Å². The normalized spacial score (nSPS) is 12.9. The SMILES string of the molecule is CCC(C)c1nc2ccc(OCCN)cc2s1. The summed E-state index contributed by atoms with van der Waals surface area (Å²) >= 11 is 1.76. The number of benzene rings is 1. The summed E-state index contributed by atoms with van der Waals surface area (Å²) in [6, 6.07) is 6.02. The highest BCUT2D eigenvalue weighted by atomic mass is 32.1. The van der Waals surface area contributed by atoms with Crippen LogP contribution in [0.15, 0.2) is 18.2 Å². The molecule has 0 fully saturated rings. The maximum Gasteiger partial charge on any atom is 0.120 e. The maximum atomic E-state index is 5.51. The zero-order valence-corrected chi connectivity index (χ0v) is 11.1. The van der Waals surface area contributed by atoms with Gasteiger partial charge in [0, 0.05) is 12.5 Å². The van der Waals surface area contributed by atoms with Gasteiger partial charge >= 0.3 is 0 Å². The zero-order valence-electron chi connectivity index (χ0n) is 10.3. The molecule has 0 bridgehead atoms. The summed E-state index contributed by atoms with van der Waals surface area (Å²) in [5, 5.41) is 1.21. The molecule has 92 valence electrons. The first-order valence-electron chi connectivity index (χ1n) is 5.98. The molecule has 1 heterocycles. The molecular formula is C13H18N2OS. The molecule has 0 aliphatic rings. The lowest BCUT2D eigenvalue weighted by Crippen LogP contribution is -2.10. The largest absolute Gasteiger partial charge is 0.492 e. The van der Waals surface area contributed by atoms with Gasteiger partial charge in [0.1, 0.15) is 12.4 Å². The second-order valence-electron chi connectivity index (χ2n) is 4.13. The van der Waals surface area contributed by atoms with Crippen LogP contribution < -0.4 is 10.5 Å². The molecule has 0 saturated carbocycles. The van der Waals surface area contributed by atoms with E-state index in [0.717, 1.165) is 17.7 Å². The van der Waals surface area contributed by atoms with E-state index in [4.69, 9.17) is 10.5 Å². The van der Waals surface area contributed by atoms with Crippen molar-refractivity contribution in [2.45, 2.75) is 26.2 Å². The topological polar surface area (TPSA) is 48.1 Å². The third-order valence-electron chi connectivity index (χ3n) is 2.80. The van der Waals surface area contributed by atoms with Crippen LogP contribution >= 0.6 is 11.3 Å². The number of aromatic nitrogens is 1. The molecule has 0 radical (unpaired) electrons. The highest BCUT2D eigenvalue weighted by Gasteiger charge is 2.10. The summed E-state index contributed by atoms with van der Waals surface area (Å²) in [4.78, 5) is 4.64. The molecule has 1 atom stereocenters. The smallest absolute Gasteiger partial charge is 0.120 e. The van der Waals surface area contributed by atoms with E-state index in [1.165, 1.54) is 9.71 Å². The van der Waals surface area contributed by atoms with E-state index in [9.17, 15) is 0 Å². The fourth-order valence-corrected chi connectivity index (χ4v) is 2.71. The van der Waals surface area contributed by atoms with Gasteiger partial charge in [0.2, 0.25) is 0 Å². The molecule has 1 aromatic heterocycles. The van der Waals surface area contributed by atoms with Crippen LogP contribution in [0.1, 0.15) is 31.2 Å². The van der Waals surface area contributed by atoms with Crippen molar-refractivity contribution in [1.82, 2.24) is 4.98 Å². The predicted molar refractivity (Wildman–Crippen MR) is 72.9 cm³/mol. The number of fused-ring (bicyclic) bond motifs is 1. The Morgan fingerprint density at radius 2 is 2.29 bits per heavy atom. The van der Waals surface area contributed by atoms with Crippen LogP contribution in [-0.2, 0) is 0 Å². The molecule has 0 saturated heterocycles. The average molecular weight is 250 g/mol. The summed E-state index contributed by atoms with van der Waals surface area (Å²) < 4.78 is 6.70. The first-order valence-corrected chi connectivity index (χ1v) is 6.79. The Hall–Kier alpha value is -1.13. The maximum absolute atomic E-state index is 5.51. The second kappa shape index (κ2) is 5.47. The fraction of sp³-hybridized carbons (Fsp3) is 0.462. The van der Waals surface area contributed by atoms with Crippen molar-refractivity contribution in [1.29, 1.82) is 0 Å². The third-order valence-corrected chi connectivity index (χ3v) is 4.05. The lowest BCUT2D eigenvalue weighted by Gasteiger charge is -2.02. The van der Waals surface area contributed by atoms with Crippen molar-refractivity contribution in [2.75, 3.05) is 13.2 Å². The predicted octanol–water partition coefficient (Wildman–Crippen LogP) is 3.15. The Morgan fingerprint density at radius 1 is 1.47 bits per heavy atom. The molecule has 4 heteroatoms. The summed E-state index contributed by atoms with van der Waals surface area (Å²) in [6.07, 6.45) is 1.12.